The molecule has 2 nitrogen and oxygen atoms in total. The minimum absolute atomic E-state index is 0.0904. The van der Waals surface area contributed by atoms with Gasteiger partial charge in [0.25, 0.3) is 0 Å². The van der Waals surface area contributed by atoms with Crippen molar-refractivity contribution in [2.45, 2.75) is 13.3 Å². The van der Waals surface area contributed by atoms with E-state index in [2.05, 4.69) is 15.9 Å². The molecule has 0 saturated carbocycles. The number of ether oxygens (including phenoxy) is 1. The van der Waals surface area contributed by atoms with Gasteiger partial charge in [-0.2, -0.15) is 0 Å². The Balaban J connectivity index is 2.58. The topological polar surface area (TPSA) is 26.3 Å². The third-order valence-corrected chi connectivity index (χ3v) is 2.91. The zero-order chi connectivity index (χ0) is 11.1. The molecule has 0 aliphatic carbocycles. The number of halogens is 1. The Bertz CT molecular complexity index is 298. The monoisotopic (exact) mass is 270 g/mol. The van der Waals surface area contributed by atoms with E-state index < -0.39 is 0 Å². The van der Waals surface area contributed by atoms with Crippen molar-refractivity contribution < 1.29 is 9.53 Å². The van der Waals surface area contributed by atoms with Crippen molar-refractivity contribution in [3.05, 3.63) is 35.9 Å². The first kappa shape index (κ1) is 12.2. The zero-order valence-electron chi connectivity index (χ0n) is 8.78. The Labute approximate surface area is 98.8 Å². The van der Waals surface area contributed by atoms with Crippen molar-refractivity contribution in [3.63, 3.8) is 0 Å². The second-order valence-electron chi connectivity index (χ2n) is 3.29. The quantitative estimate of drug-likeness (QED) is 0.608. The highest BCUT2D eigenvalue weighted by atomic mass is 79.9. The normalized spacial score (nSPS) is 12.1. The fourth-order valence-electron chi connectivity index (χ4n) is 1.36. The number of rotatable bonds is 5. The molecule has 1 atom stereocenters. The molecule has 0 fully saturated rings. The van der Waals surface area contributed by atoms with Gasteiger partial charge in [0.2, 0.25) is 0 Å². The maximum atomic E-state index is 11.5. The van der Waals surface area contributed by atoms with Crippen LogP contribution < -0.4 is 0 Å². The third kappa shape index (κ3) is 4.04. The van der Waals surface area contributed by atoms with E-state index >= 15 is 0 Å². The molecular weight excluding hydrogens is 256 g/mol. The second-order valence-corrected chi connectivity index (χ2v) is 3.94. The molecular formula is C12H15BrO2. The number of carbonyl (C=O) groups is 1. The van der Waals surface area contributed by atoms with Gasteiger partial charge < -0.3 is 4.74 Å². The molecule has 82 valence electrons. The minimum atomic E-state index is -0.127. The molecule has 0 radical (unpaired) electrons. The number of carbonyl (C=O) groups excluding carboxylic acids is 1. The predicted molar refractivity (Wildman–Crippen MR) is 64.1 cm³/mol. The van der Waals surface area contributed by atoms with Crippen molar-refractivity contribution in [1.29, 1.82) is 0 Å². The van der Waals surface area contributed by atoms with Crippen molar-refractivity contribution in [2.75, 3.05) is 11.9 Å². The first-order valence-electron chi connectivity index (χ1n) is 5.04. The maximum absolute atomic E-state index is 11.5. The lowest BCUT2D eigenvalue weighted by Gasteiger charge is -2.12. The Morgan fingerprint density at radius 1 is 1.40 bits per heavy atom. The van der Waals surface area contributed by atoms with E-state index in [1.807, 2.05) is 37.3 Å². The lowest BCUT2D eigenvalue weighted by atomic mass is 10.0. The maximum Gasteiger partial charge on any atom is 0.310 e. The largest absolute Gasteiger partial charge is 0.466 e. The van der Waals surface area contributed by atoms with Gasteiger partial charge in [-0.3, -0.25) is 4.79 Å². The molecule has 1 aromatic carbocycles. The highest BCUT2D eigenvalue weighted by molar-refractivity contribution is 9.09. The van der Waals surface area contributed by atoms with Crippen LogP contribution in [-0.2, 0) is 16.0 Å². The molecule has 0 heterocycles. The van der Waals surface area contributed by atoms with Crippen molar-refractivity contribution in [2.24, 2.45) is 5.92 Å². The summed E-state index contributed by atoms with van der Waals surface area (Å²) in [6, 6.07) is 9.97. The van der Waals surface area contributed by atoms with E-state index in [1.54, 1.807) is 0 Å². The number of esters is 1. The second kappa shape index (κ2) is 6.62. The Hall–Kier alpha value is -0.830. The molecule has 0 bridgehead atoms. The number of alkyl halides is 1. The molecule has 0 spiro atoms. The number of hydrogen-bond donors (Lipinski definition) is 0. The van der Waals surface area contributed by atoms with E-state index in [0.717, 1.165) is 12.0 Å². The van der Waals surface area contributed by atoms with Gasteiger partial charge in [0.15, 0.2) is 0 Å². The lowest BCUT2D eigenvalue weighted by molar-refractivity contribution is -0.147. The Morgan fingerprint density at radius 3 is 2.60 bits per heavy atom. The highest BCUT2D eigenvalue weighted by Crippen LogP contribution is 2.12. The molecule has 0 amide bonds. The standard InChI is InChI=1S/C12H15BrO2/c1-2-15-12(14)11(9-13)8-10-6-4-3-5-7-10/h3-7,11H,2,8-9H2,1H3. The van der Waals surface area contributed by atoms with E-state index in [1.165, 1.54) is 0 Å². The van der Waals surface area contributed by atoms with Gasteiger partial charge in [-0.15, -0.1) is 0 Å². The highest BCUT2D eigenvalue weighted by Gasteiger charge is 2.18. The number of hydrogen-bond acceptors (Lipinski definition) is 2. The first-order chi connectivity index (χ1) is 7.27. The molecule has 1 aromatic rings. The third-order valence-electron chi connectivity index (χ3n) is 2.13. The Kier molecular flexibility index (Phi) is 5.40. The molecule has 0 N–H and O–H groups in total. The van der Waals surface area contributed by atoms with Crippen molar-refractivity contribution >= 4 is 21.9 Å². The molecule has 1 unspecified atom stereocenters. The van der Waals surface area contributed by atoms with Crippen molar-refractivity contribution in [1.82, 2.24) is 0 Å². The molecule has 0 aliphatic heterocycles. The SMILES string of the molecule is CCOC(=O)C(CBr)Cc1ccccc1. The fraction of sp³-hybridized carbons (Fsp3) is 0.417. The van der Waals surface area contributed by atoms with Crippen LogP contribution in [0, 0.1) is 5.92 Å². The molecule has 1 rings (SSSR count). The van der Waals surface area contributed by atoms with Crippen LogP contribution in [0.5, 0.6) is 0 Å². The molecule has 3 heteroatoms. The van der Waals surface area contributed by atoms with Gasteiger partial charge >= 0.3 is 5.97 Å². The van der Waals surface area contributed by atoms with Crippen LogP contribution in [0.25, 0.3) is 0 Å². The van der Waals surface area contributed by atoms with E-state index in [4.69, 9.17) is 4.74 Å². The molecule has 0 saturated heterocycles. The number of benzene rings is 1. The van der Waals surface area contributed by atoms with Crippen molar-refractivity contribution in [3.8, 4) is 0 Å². The van der Waals surface area contributed by atoms with Gasteiger partial charge in [-0.25, -0.2) is 0 Å². The summed E-state index contributed by atoms with van der Waals surface area (Å²) in [5.41, 5.74) is 1.16. The average molecular weight is 271 g/mol. The first-order valence-corrected chi connectivity index (χ1v) is 6.16. The van der Waals surface area contributed by atoms with Crippen LogP contribution in [0.3, 0.4) is 0 Å². The predicted octanol–water partition coefficient (Wildman–Crippen LogP) is 2.80. The summed E-state index contributed by atoms with van der Waals surface area (Å²) in [4.78, 5) is 11.5. The Morgan fingerprint density at radius 2 is 2.07 bits per heavy atom. The summed E-state index contributed by atoms with van der Waals surface area (Å²) in [5, 5.41) is 0.640. The molecule has 0 aromatic heterocycles. The van der Waals surface area contributed by atoms with Gasteiger partial charge in [0.1, 0.15) is 0 Å². The van der Waals surface area contributed by atoms with Gasteiger partial charge in [0.05, 0.1) is 12.5 Å². The van der Waals surface area contributed by atoms with Crippen LogP contribution in [0.4, 0.5) is 0 Å². The summed E-state index contributed by atoms with van der Waals surface area (Å²) < 4.78 is 5.00. The van der Waals surface area contributed by atoms with Crippen LogP contribution in [0.2, 0.25) is 0 Å². The zero-order valence-corrected chi connectivity index (χ0v) is 10.4. The van der Waals surface area contributed by atoms with Crippen LogP contribution in [0.15, 0.2) is 30.3 Å². The van der Waals surface area contributed by atoms with E-state index in [9.17, 15) is 4.79 Å². The van der Waals surface area contributed by atoms with Gasteiger partial charge in [-0.05, 0) is 18.9 Å². The lowest BCUT2D eigenvalue weighted by Crippen LogP contribution is -2.21. The smallest absolute Gasteiger partial charge is 0.310 e. The summed E-state index contributed by atoms with van der Waals surface area (Å²) in [6.45, 7) is 2.27. The van der Waals surface area contributed by atoms with Crippen LogP contribution in [0.1, 0.15) is 12.5 Å². The van der Waals surface area contributed by atoms with Crippen LogP contribution >= 0.6 is 15.9 Å². The average Bonchev–Trinajstić information content (AvgIpc) is 2.27. The summed E-state index contributed by atoms with van der Waals surface area (Å²) in [5.74, 6) is -0.217. The van der Waals surface area contributed by atoms with E-state index in [-0.39, 0.29) is 11.9 Å². The van der Waals surface area contributed by atoms with E-state index in [0.29, 0.717) is 11.9 Å². The molecule has 0 aliphatic rings. The fourth-order valence-corrected chi connectivity index (χ4v) is 1.85. The van der Waals surface area contributed by atoms with Crippen LogP contribution in [-0.4, -0.2) is 17.9 Å². The summed E-state index contributed by atoms with van der Waals surface area (Å²) >= 11 is 3.34. The summed E-state index contributed by atoms with van der Waals surface area (Å²) in [7, 11) is 0. The van der Waals surface area contributed by atoms with Gasteiger partial charge in [-0.1, -0.05) is 46.3 Å². The molecule has 15 heavy (non-hydrogen) atoms. The minimum Gasteiger partial charge on any atom is -0.466 e. The van der Waals surface area contributed by atoms with Gasteiger partial charge in [0, 0.05) is 5.33 Å². The summed E-state index contributed by atoms with van der Waals surface area (Å²) in [6.07, 6.45) is 0.727.